The lowest BCUT2D eigenvalue weighted by molar-refractivity contribution is 0.518. The lowest BCUT2D eigenvalue weighted by Gasteiger charge is -2.22. The molecule has 0 unspecified atom stereocenters. The van der Waals surface area contributed by atoms with Crippen LogP contribution in [0, 0.1) is 25.5 Å². The molecule has 0 aliphatic rings. The maximum absolute atomic E-state index is 13.8. The number of benzene rings is 2. The third-order valence-corrected chi connectivity index (χ3v) is 5.07. The summed E-state index contributed by atoms with van der Waals surface area (Å²) < 4.78 is 53.4. The topological polar surface area (TPSA) is 37.4 Å². The molecule has 0 aliphatic carbocycles. The monoisotopic (exact) mass is 311 g/mol. The number of hydrogen-bond acceptors (Lipinski definition) is 2. The first kappa shape index (κ1) is 15.4. The average molecular weight is 311 g/mol. The highest BCUT2D eigenvalue weighted by Gasteiger charge is 2.29. The van der Waals surface area contributed by atoms with Crippen molar-refractivity contribution in [1.29, 1.82) is 0 Å². The molecule has 2 aromatic rings. The molecule has 0 saturated carbocycles. The first-order chi connectivity index (χ1) is 9.75. The molecule has 2 aromatic carbocycles. The van der Waals surface area contributed by atoms with Gasteiger partial charge in [-0.2, -0.15) is 0 Å². The fourth-order valence-corrected chi connectivity index (χ4v) is 3.41. The molecule has 0 spiro atoms. The molecule has 0 saturated heterocycles. The van der Waals surface area contributed by atoms with Gasteiger partial charge in [0.15, 0.2) is 4.90 Å². The predicted octanol–water partition coefficient (Wildman–Crippen LogP) is 3.41. The summed E-state index contributed by atoms with van der Waals surface area (Å²) in [6.07, 6.45) is 0. The van der Waals surface area contributed by atoms with E-state index in [4.69, 9.17) is 0 Å². The van der Waals surface area contributed by atoms with Gasteiger partial charge < -0.3 is 0 Å². The molecule has 0 radical (unpaired) electrons. The van der Waals surface area contributed by atoms with Gasteiger partial charge in [-0.3, -0.25) is 4.31 Å². The van der Waals surface area contributed by atoms with E-state index in [9.17, 15) is 17.2 Å². The molecular formula is C15H15F2NO2S. The molecule has 2 rings (SSSR count). The Morgan fingerprint density at radius 1 is 1.00 bits per heavy atom. The zero-order valence-electron chi connectivity index (χ0n) is 11.9. The summed E-state index contributed by atoms with van der Waals surface area (Å²) in [5.74, 6) is -2.21. The molecule has 21 heavy (non-hydrogen) atoms. The van der Waals surface area contributed by atoms with Crippen molar-refractivity contribution in [3.63, 3.8) is 0 Å². The number of halogens is 2. The molecule has 0 aliphatic heterocycles. The third kappa shape index (κ3) is 2.76. The van der Waals surface area contributed by atoms with Crippen molar-refractivity contribution < 1.29 is 17.2 Å². The van der Waals surface area contributed by atoms with Crippen LogP contribution in [0.25, 0.3) is 0 Å². The molecule has 0 aromatic heterocycles. The minimum absolute atomic E-state index is 0.387. The Bertz CT molecular complexity index is 768. The second-order valence-electron chi connectivity index (χ2n) is 4.81. The Kier molecular flexibility index (Phi) is 4.00. The summed E-state index contributed by atoms with van der Waals surface area (Å²) in [6.45, 7) is 3.55. The molecule has 0 atom stereocenters. The van der Waals surface area contributed by atoms with Crippen molar-refractivity contribution in [2.24, 2.45) is 0 Å². The predicted molar refractivity (Wildman–Crippen MR) is 77.9 cm³/mol. The standard InChI is InChI=1S/C15H15F2NO2S/c1-10-7-8-11(2)14(9-10)18(3)21(19,20)15-12(16)5-4-6-13(15)17/h4-9H,1-3H3. The largest absolute Gasteiger partial charge is 0.269 e. The van der Waals surface area contributed by atoms with Crippen LogP contribution in [0.3, 0.4) is 0 Å². The van der Waals surface area contributed by atoms with Crippen LogP contribution in [0.1, 0.15) is 11.1 Å². The van der Waals surface area contributed by atoms with Crippen molar-refractivity contribution in [2.75, 3.05) is 11.4 Å². The van der Waals surface area contributed by atoms with Gasteiger partial charge in [-0.15, -0.1) is 0 Å². The summed E-state index contributed by atoms with van der Waals surface area (Å²) >= 11 is 0. The van der Waals surface area contributed by atoms with Crippen LogP contribution in [0.2, 0.25) is 0 Å². The van der Waals surface area contributed by atoms with Gasteiger partial charge in [0.2, 0.25) is 0 Å². The summed E-state index contributed by atoms with van der Waals surface area (Å²) in [6, 6.07) is 8.23. The highest BCUT2D eigenvalue weighted by Crippen LogP contribution is 2.28. The Balaban J connectivity index is 2.61. The zero-order valence-corrected chi connectivity index (χ0v) is 12.7. The molecular weight excluding hydrogens is 296 g/mol. The second-order valence-corrected chi connectivity index (χ2v) is 6.72. The number of sulfonamides is 1. The molecule has 6 heteroatoms. The number of rotatable bonds is 3. The van der Waals surface area contributed by atoms with E-state index in [2.05, 4.69) is 0 Å². The SMILES string of the molecule is Cc1ccc(C)c(N(C)S(=O)(=O)c2c(F)cccc2F)c1. The Hall–Kier alpha value is -1.95. The highest BCUT2D eigenvalue weighted by molar-refractivity contribution is 7.92. The molecule has 3 nitrogen and oxygen atoms in total. The van der Waals surface area contributed by atoms with Gasteiger partial charge in [0, 0.05) is 7.05 Å². The minimum atomic E-state index is -4.31. The number of hydrogen-bond donors (Lipinski definition) is 0. The molecule has 112 valence electrons. The Morgan fingerprint density at radius 2 is 1.57 bits per heavy atom. The van der Waals surface area contributed by atoms with Gasteiger partial charge in [0.1, 0.15) is 11.6 Å². The normalized spacial score (nSPS) is 11.5. The maximum Gasteiger partial charge on any atom is 0.269 e. The lowest BCUT2D eigenvalue weighted by Crippen LogP contribution is -2.29. The summed E-state index contributed by atoms with van der Waals surface area (Å²) in [4.78, 5) is -0.937. The van der Waals surface area contributed by atoms with E-state index in [1.54, 1.807) is 19.1 Å². The maximum atomic E-state index is 13.8. The fourth-order valence-electron chi connectivity index (χ4n) is 2.05. The van der Waals surface area contributed by atoms with Gasteiger partial charge in [0.05, 0.1) is 5.69 Å². The smallest absolute Gasteiger partial charge is 0.269 e. The van der Waals surface area contributed by atoms with Crippen LogP contribution in [0.15, 0.2) is 41.3 Å². The summed E-state index contributed by atoms with van der Waals surface area (Å²) in [5, 5.41) is 0. The van der Waals surface area contributed by atoms with E-state index in [0.717, 1.165) is 28.1 Å². The Labute approximate surface area is 122 Å². The van der Waals surface area contributed by atoms with E-state index in [1.165, 1.54) is 7.05 Å². The number of anilines is 1. The fraction of sp³-hybridized carbons (Fsp3) is 0.200. The van der Waals surface area contributed by atoms with E-state index < -0.39 is 26.6 Å². The minimum Gasteiger partial charge on any atom is -0.269 e. The first-order valence-corrected chi connectivity index (χ1v) is 7.69. The lowest BCUT2D eigenvalue weighted by atomic mass is 10.1. The van der Waals surface area contributed by atoms with Gasteiger partial charge in [-0.05, 0) is 43.2 Å². The van der Waals surface area contributed by atoms with E-state index >= 15 is 0 Å². The highest BCUT2D eigenvalue weighted by atomic mass is 32.2. The quantitative estimate of drug-likeness (QED) is 0.871. The Morgan fingerprint density at radius 3 is 2.14 bits per heavy atom. The van der Waals surface area contributed by atoms with Crippen molar-refractivity contribution in [1.82, 2.24) is 0 Å². The van der Waals surface area contributed by atoms with E-state index in [-0.39, 0.29) is 0 Å². The van der Waals surface area contributed by atoms with Crippen molar-refractivity contribution in [3.05, 3.63) is 59.2 Å². The van der Waals surface area contributed by atoms with Crippen LogP contribution < -0.4 is 4.31 Å². The van der Waals surface area contributed by atoms with Crippen LogP contribution in [0.5, 0.6) is 0 Å². The first-order valence-electron chi connectivity index (χ1n) is 6.25. The van der Waals surface area contributed by atoms with Gasteiger partial charge >= 0.3 is 0 Å². The van der Waals surface area contributed by atoms with Crippen LogP contribution in [-0.4, -0.2) is 15.5 Å². The molecule has 0 fully saturated rings. The molecule has 0 N–H and O–H groups in total. The van der Waals surface area contributed by atoms with Gasteiger partial charge in [-0.25, -0.2) is 17.2 Å². The molecule has 0 amide bonds. The van der Waals surface area contributed by atoms with Crippen molar-refractivity contribution in [3.8, 4) is 0 Å². The third-order valence-electron chi connectivity index (χ3n) is 3.24. The van der Waals surface area contributed by atoms with Crippen molar-refractivity contribution in [2.45, 2.75) is 18.7 Å². The van der Waals surface area contributed by atoms with E-state index in [0.29, 0.717) is 11.3 Å². The number of aryl methyl sites for hydroxylation is 2. The van der Waals surface area contributed by atoms with Gasteiger partial charge in [0.25, 0.3) is 10.0 Å². The summed E-state index contributed by atoms with van der Waals surface area (Å²) in [5.41, 5.74) is 1.94. The van der Waals surface area contributed by atoms with Crippen LogP contribution >= 0.6 is 0 Å². The molecule has 0 heterocycles. The van der Waals surface area contributed by atoms with Crippen LogP contribution in [0.4, 0.5) is 14.5 Å². The van der Waals surface area contributed by atoms with Crippen LogP contribution in [-0.2, 0) is 10.0 Å². The average Bonchev–Trinajstić information content (AvgIpc) is 2.40. The van der Waals surface area contributed by atoms with Crippen molar-refractivity contribution >= 4 is 15.7 Å². The zero-order chi connectivity index (χ0) is 15.8. The number of nitrogens with zero attached hydrogens (tertiary/aromatic N) is 1. The van der Waals surface area contributed by atoms with Gasteiger partial charge in [-0.1, -0.05) is 18.2 Å². The second kappa shape index (κ2) is 5.44. The van der Waals surface area contributed by atoms with E-state index in [1.807, 2.05) is 13.0 Å². The molecule has 0 bridgehead atoms. The summed E-state index contributed by atoms with van der Waals surface area (Å²) in [7, 11) is -3.03.